The summed E-state index contributed by atoms with van der Waals surface area (Å²) in [6.45, 7) is 9.13. The first-order valence-electron chi connectivity index (χ1n) is 11.3. The second kappa shape index (κ2) is 11.6. The van der Waals surface area contributed by atoms with Crippen LogP contribution in [0.4, 0.5) is 5.69 Å². The molecule has 1 aromatic rings. The Morgan fingerprint density at radius 1 is 1.06 bits per heavy atom. The molecule has 2 aliphatic rings. The number of likely N-dealkylation sites (tertiary alicyclic amines) is 1. The monoisotopic (exact) mass is 430 g/mol. The van der Waals surface area contributed by atoms with E-state index in [-0.39, 0.29) is 11.6 Å². The number of guanidine groups is 1. The zero-order valence-corrected chi connectivity index (χ0v) is 18.5. The van der Waals surface area contributed by atoms with Gasteiger partial charge in [0.2, 0.25) is 5.91 Å². The number of benzene rings is 1. The van der Waals surface area contributed by atoms with Gasteiger partial charge in [0.1, 0.15) is 0 Å². The number of hydrogen-bond acceptors (Lipinski definition) is 5. The van der Waals surface area contributed by atoms with Crippen molar-refractivity contribution in [1.29, 1.82) is 0 Å². The van der Waals surface area contributed by atoms with Crippen molar-refractivity contribution >= 4 is 17.6 Å². The van der Waals surface area contributed by atoms with Gasteiger partial charge in [-0.1, -0.05) is 25.5 Å². The summed E-state index contributed by atoms with van der Waals surface area (Å²) in [7, 11) is 0. The number of nitro benzene ring substituents is 1. The Morgan fingerprint density at radius 2 is 1.74 bits per heavy atom. The predicted octanol–water partition coefficient (Wildman–Crippen LogP) is 2.08. The number of piperazine rings is 1. The van der Waals surface area contributed by atoms with E-state index in [2.05, 4.69) is 22.0 Å². The third-order valence-electron chi connectivity index (χ3n) is 5.86. The van der Waals surface area contributed by atoms with Crippen molar-refractivity contribution < 1.29 is 9.72 Å². The van der Waals surface area contributed by atoms with Crippen LogP contribution in [0.2, 0.25) is 0 Å². The summed E-state index contributed by atoms with van der Waals surface area (Å²) in [6.07, 6.45) is 4.42. The Balaban J connectivity index is 1.55. The number of carbonyl (C=O) groups is 1. The van der Waals surface area contributed by atoms with E-state index in [1.165, 1.54) is 12.1 Å². The molecule has 0 bridgehead atoms. The summed E-state index contributed by atoms with van der Waals surface area (Å²) in [4.78, 5) is 34.1. The lowest BCUT2D eigenvalue weighted by Crippen LogP contribution is -2.54. The van der Waals surface area contributed by atoms with Crippen LogP contribution in [0.25, 0.3) is 0 Å². The van der Waals surface area contributed by atoms with Crippen LogP contribution in [0.1, 0.15) is 38.2 Å². The fourth-order valence-corrected chi connectivity index (χ4v) is 3.91. The average molecular weight is 431 g/mol. The van der Waals surface area contributed by atoms with Gasteiger partial charge in [-0.25, -0.2) is 4.99 Å². The molecule has 2 saturated heterocycles. The quantitative estimate of drug-likeness (QED) is 0.223. The highest BCUT2D eigenvalue weighted by Crippen LogP contribution is 2.13. The molecular weight excluding hydrogens is 396 g/mol. The molecule has 9 heteroatoms. The lowest BCUT2D eigenvalue weighted by atomic mass is 10.2. The van der Waals surface area contributed by atoms with E-state index in [1.807, 2.05) is 4.90 Å². The third-order valence-corrected chi connectivity index (χ3v) is 5.86. The summed E-state index contributed by atoms with van der Waals surface area (Å²) >= 11 is 0. The van der Waals surface area contributed by atoms with Gasteiger partial charge in [0.25, 0.3) is 5.69 Å². The van der Waals surface area contributed by atoms with Gasteiger partial charge < -0.3 is 15.1 Å². The summed E-state index contributed by atoms with van der Waals surface area (Å²) in [5.74, 6) is 1.12. The molecule has 3 rings (SSSR count). The number of nitrogens with one attached hydrogen (secondary N) is 1. The van der Waals surface area contributed by atoms with Crippen LogP contribution in [-0.4, -0.2) is 83.8 Å². The summed E-state index contributed by atoms with van der Waals surface area (Å²) in [5.41, 5.74) is 1.03. The molecule has 0 spiro atoms. The number of unbranched alkanes of at least 4 members (excludes halogenated alkanes) is 1. The topological polar surface area (TPSA) is 94.3 Å². The molecule has 2 aliphatic heterocycles. The highest BCUT2D eigenvalue weighted by atomic mass is 16.6. The van der Waals surface area contributed by atoms with E-state index in [0.29, 0.717) is 13.1 Å². The first-order chi connectivity index (χ1) is 15.1. The Bertz CT molecular complexity index is 753. The minimum absolute atomic E-state index is 0.0913. The smallest absolute Gasteiger partial charge is 0.269 e. The van der Waals surface area contributed by atoms with Crippen molar-refractivity contribution in [3.8, 4) is 0 Å². The van der Waals surface area contributed by atoms with Gasteiger partial charge in [-0.2, -0.15) is 0 Å². The molecule has 1 aromatic carbocycles. The van der Waals surface area contributed by atoms with Crippen molar-refractivity contribution in [2.24, 2.45) is 4.99 Å². The number of hydrogen-bond donors (Lipinski definition) is 1. The first kappa shape index (κ1) is 23.0. The summed E-state index contributed by atoms with van der Waals surface area (Å²) in [6, 6.07) is 6.55. The fourth-order valence-electron chi connectivity index (χ4n) is 3.91. The lowest BCUT2D eigenvalue weighted by molar-refractivity contribution is -0.384. The van der Waals surface area contributed by atoms with Gasteiger partial charge in [0.15, 0.2) is 5.96 Å². The Labute approximate surface area is 184 Å². The van der Waals surface area contributed by atoms with Gasteiger partial charge in [-0.05, 0) is 24.8 Å². The summed E-state index contributed by atoms with van der Waals surface area (Å²) in [5, 5.41) is 14.3. The first-order valence-corrected chi connectivity index (χ1v) is 11.3. The molecule has 9 nitrogen and oxygen atoms in total. The molecule has 0 radical (unpaired) electrons. The van der Waals surface area contributed by atoms with Crippen LogP contribution < -0.4 is 5.32 Å². The minimum Gasteiger partial charge on any atom is -0.356 e. The third kappa shape index (κ3) is 6.92. The largest absolute Gasteiger partial charge is 0.356 e. The number of rotatable bonds is 8. The van der Waals surface area contributed by atoms with Crippen molar-refractivity contribution in [2.45, 2.75) is 39.2 Å². The fraction of sp³-hybridized carbons (Fsp3) is 0.636. The maximum atomic E-state index is 12.4. The second-order valence-electron chi connectivity index (χ2n) is 8.19. The minimum atomic E-state index is -0.390. The maximum Gasteiger partial charge on any atom is 0.269 e. The van der Waals surface area contributed by atoms with Crippen LogP contribution in [-0.2, 0) is 11.3 Å². The van der Waals surface area contributed by atoms with Crippen molar-refractivity contribution in [1.82, 2.24) is 20.0 Å². The number of nitro groups is 1. The molecule has 1 amide bonds. The van der Waals surface area contributed by atoms with Crippen LogP contribution in [0.3, 0.4) is 0 Å². The second-order valence-corrected chi connectivity index (χ2v) is 8.19. The van der Waals surface area contributed by atoms with E-state index in [4.69, 9.17) is 4.99 Å². The van der Waals surface area contributed by atoms with Crippen molar-refractivity contribution in [3.05, 3.63) is 39.9 Å². The molecule has 2 heterocycles. The Kier molecular flexibility index (Phi) is 8.63. The van der Waals surface area contributed by atoms with Crippen molar-refractivity contribution in [3.63, 3.8) is 0 Å². The summed E-state index contributed by atoms with van der Waals surface area (Å²) < 4.78 is 0. The number of non-ortho nitro benzene ring substituents is 1. The molecular formula is C22H34N6O3. The maximum absolute atomic E-state index is 12.4. The van der Waals surface area contributed by atoms with Crippen LogP contribution in [0.15, 0.2) is 29.3 Å². The average Bonchev–Trinajstić information content (AvgIpc) is 3.32. The molecule has 170 valence electrons. The van der Waals surface area contributed by atoms with E-state index >= 15 is 0 Å². The van der Waals surface area contributed by atoms with Crippen molar-refractivity contribution in [2.75, 3.05) is 52.4 Å². The normalized spacial score (nSPS) is 17.8. The van der Waals surface area contributed by atoms with E-state index in [1.54, 1.807) is 12.1 Å². The Hall–Kier alpha value is -2.68. The molecule has 1 N–H and O–H groups in total. The van der Waals surface area contributed by atoms with Crippen LogP contribution >= 0.6 is 0 Å². The zero-order valence-electron chi connectivity index (χ0n) is 18.5. The standard InChI is InChI=1S/C22H34N6O3/c1-2-3-10-23-22(24-17-19-6-8-20(9-7-19)28(30)31)27-15-13-25(14-16-27)18-21(29)26-11-4-5-12-26/h6-9H,2-5,10-18H2,1H3,(H,23,24). The van der Waals surface area contributed by atoms with E-state index < -0.39 is 4.92 Å². The van der Waals surface area contributed by atoms with Gasteiger partial charge in [0, 0.05) is 57.9 Å². The predicted molar refractivity (Wildman–Crippen MR) is 121 cm³/mol. The van der Waals surface area contributed by atoms with Crippen LogP contribution in [0.5, 0.6) is 0 Å². The number of carbonyl (C=O) groups excluding carboxylic acids is 1. The van der Waals surface area contributed by atoms with E-state index in [9.17, 15) is 14.9 Å². The number of amides is 1. The lowest BCUT2D eigenvalue weighted by Gasteiger charge is -2.36. The van der Waals surface area contributed by atoms with Gasteiger partial charge >= 0.3 is 0 Å². The van der Waals surface area contributed by atoms with Crippen LogP contribution in [0, 0.1) is 10.1 Å². The van der Waals surface area contributed by atoms with E-state index in [0.717, 1.165) is 83.0 Å². The highest BCUT2D eigenvalue weighted by Gasteiger charge is 2.24. The molecule has 0 saturated carbocycles. The molecule has 31 heavy (non-hydrogen) atoms. The zero-order chi connectivity index (χ0) is 22.1. The molecule has 2 fully saturated rings. The molecule has 0 aromatic heterocycles. The SMILES string of the molecule is CCCCNC(=NCc1ccc([N+](=O)[O-])cc1)N1CCN(CC(=O)N2CCCC2)CC1. The van der Waals surface area contributed by atoms with Gasteiger partial charge in [-0.3, -0.25) is 19.8 Å². The molecule has 0 atom stereocenters. The number of aliphatic imine (C=N–C) groups is 1. The molecule has 0 aliphatic carbocycles. The number of nitrogens with zero attached hydrogens (tertiary/aromatic N) is 5. The molecule has 0 unspecified atom stereocenters. The van der Waals surface area contributed by atoms with Gasteiger partial charge in [-0.15, -0.1) is 0 Å². The Morgan fingerprint density at radius 3 is 2.35 bits per heavy atom. The van der Waals surface area contributed by atoms with Gasteiger partial charge in [0.05, 0.1) is 18.0 Å². The highest BCUT2D eigenvalue weighted by molar-refractivity contribution is 5.80.